The van der Waals surface area contributed by atoms with E-state index in [1.807, 2.05) is 0 Å². The van der Waals surface area contributed by atoms with Gasteiger partial charge < -0.3 is 19.9 Å². The summed E-state index contributed by atoms with van der Waals surface area (Å²) in [5.41, 5.74) is 5.25. The van der Waals surface area contributed by atoms with Crippen molar-refractivity contribution in [1.82, 2.24) is 0 Å². The summed E-state index contributed by atoms with van der Waals surface area (Å²) < 4.78 is 50.2. The summed E-state index contributed by atoms with van der Waals surface area (Å²) in [4.78, 5) is 21.8. The molecule has 122 valence electrons. The molecule has 6 nitrogen and oxygen atoms in total. The molecule has 1 fully saturated rings. The predicted octanol–water partition coefficient (Wildman–Crippen LogP) is 0.922. The third-order valence-electron chi connectivity index (χ3n) is 2.84. The summed E-state index contributed by atoms with van der Waals surface area (Å²) in [6.07, 6.45) is -4.29. The zero-order chi connectivity index (χ0) is 15.9. The third-order valence-corrected chi connectivity index (χ3v) is 2.84. The fraction of sp³-hybridized carbons (Fsp3) is 0.833. The second-order valence-corrected chi connectivity index (χ2v) is 4.63. The van der Waals surface area contributed by atoms with Crippen molar-refractivity contribution in [3.63, 3.8) is 0 Å². The lowest BCUT2D eigenvalue weighted by Gasteiger charge is -2.14. The topological polar surface area (TPSA) is 87.9 Å². The average Bonchev–Trinajstić information content (AvgIpc) is 2.87. The first-order chi connectivity index (χ1) is 9.82. The largest absolute Gasteiger partial charge is 0.490 e. The normalized spacial score (nSPS) is 22.1. The summed E-state index contributed by atoms with van der Waals surface area (Å²) in [6.45, 7) is -0.0369. The van der Waals surface area contributed by atoms with Crippen LogP contribution < -0.4 is 5.73 Å². The van der Waals surface area contributed by atoms with Gasteiger partial charge in [0.2, 0.25) is 0 Å². The second kappa shape index (κ2) is 8.18. The van der Waals surface area contributed by atoms with Crippen LogP contribution in [-0.2, 0) is 23.8 Å². The standard InChI is InChI=1S/C12H18F3NO5/c13-12(14,15)11(18)20-7-9-4-3-8(21-9)6-19-10(17)2-1-5-16/h8-9H,1-7,16H2/t8-,9+/m0/s1. The lowest BCUT2D eigenvalue weighted by molar-refractivity contribution is -0.202. The number of nitrogens with two attached hydrogens (primary N) is 1. The van der Waals surface area contributed by atoms with Gasteiger partial charge in [-0.2, -0.15) is 13.2 Å². The average molecular weight is 313 g/mol. The number of ether oxygens (including phenoxy) is 3. The van der Waals surface area contributed by atoms with Crippen LogP contribution in [0.25, 0.3) is 0 Å². The van der Waals surface area contributed by atoms with Crippen molar-refractivity contribution in [2.45, 2.75) is 44.1 Å². The van der Waals surface area contributed by atoms with Crippen LogP contribution in [0, 0.1) is 0 Å². The molecule has 1 aliphatic heterocycles. The lowest BCUT2D eigenvalue weighted by Crippen LogP contribution is -2.29. The van der Waals surface area contributed by atoms with Crippen LogP contribution in [0.2, 0.25) is 0 Å². The molecular formula is C12H18F3NO5. The zero-order valence-corrected chi connectivity index (χ0v) is 11.4. The van der Waals surface area contributed by atoms with E-state index in [9.17, 15) is 22.8 Å². The quantitative estimate of drug-likeness (QED) is 0.703. The van der Waals surface area contributed by atoms with Crippen molar-refractivity contribution in [1.29, 1.82) is 0 Å². The van der Waals surface area contributed by atoms with E-state index in [0.717, 1.165) is 0 Å². The Morgan fingerprint density at radius 2 is 1.71 bits per heavy atom. The van der Waals surface area contributed by atoms with Crippen LogP contribution >= 0.6 is 0 Å². The molecule has 21 heavy (non-hydrogen) atoms. The van der Waals surface area contributed by atoms with Crippen molar-refractivity contribution in [2.24, 2.45) is 5.73 Å². The number of carbonyl (C=O) groups is 2. The van der Waals surface area contributed by atoms with E-state index in [1.54, 1.807) is 0 Å². The van der Waals surface area contributed by atoms with Gasteiger partial charge >= 0.3 is 18.1 Å². The van der Waals surface area contributed by atoms with Gasteiger partial charge in [-0.05, 0) is 25.8 Å². The maximum absolute atomic E-state index is 11.9. The Morgan fingerprint density at radius 3 is 2.24 bits per heavy atom. The van der Waals surface area contributed by atoms with Crippen LogP contribution in [0.4, 0.5) is 13.2 Å². The summed E-state index contributed by atoms with van der Waals surface area (Å²) in [5, 5.41) is 0. The summed E-state index contributed by atoms with van der Waals surface area (Å²) in [5.74, 6) is -2.63. The Balaban J connectivity index is 2.18. The molecule has 2 atom stereocenters. The van der Waals surface area contributed by atoms with E-state index in [1.165, 1.54) is 0 Å². The van der Waals surface area contributed by atoms with E-state index >= 15 is 0 Å². The number of rotatable bonds is 7. The molecule has 0 amide bonds. The Kier molecular flexibility index (Phi) is 6.90. The molecule has 0 saturated carbocycles. The number of alkyl halides is 3. The highest BCUT2D eigenvalue weighted by Gasteiger charge is 2.41. The van der Waals surface area contributed by atoms with Crippen molar-refractivity contribution >= 4 is 11.9 Å². The predicted molar refractivity (Wildman–Crippen MR) is 64.2 cm³/mol. The highest BCUT2D eigenvalue weighted by Crippen LogP contribution is 2.22. The summed E-state index contributed by atoms with van der Waals surface area (Å²) >= 11 is 0. The van der Waals surface area contributed by atoms with E-state index in [2.05, 4.69) is 4.74 Å². The molecule has 1 saturated heterocycles. The smallest absolute Gasteiger partial charge is 0.463 e. The van der Waals surface area contributed by atoms with Gasteiger partial charge in [0.05, 0.1) is 12.2 Å². The summed E-state index contributed by atoms with van der Waals surface area (Å²) in [7, 11) is 0. The van der Waals surface area contributed by atoms with Gasteiger partial charge in [0, 0.05) is 6.42 Å². The van der Waals surface area contributed by atoms with Crippen LogP contribution in [0.1, 0.15) is 25.7 Å². The third kappa shape index (κ3) is 6.76. The number of hydrogen-bond acceptors (Lipinski definition) is 6. The number of esters is 2. The van der Waals surface area contributed by atoms with Crippen LogP contribution in [0.3, 0.4) is 0 Å². The van der Waals surface area contributed by atoms with Gasteiger partial charge in [0.1, 0.15) is 13.2 Å². The number of halogens is 3. The molecule has 0 unspecified atom stereocenters. The fourth-order valence-corrected chi connectivity index (χ4v) is 1.78. The molecule has 0 aromatic rings. The molecule has 0 aromatic carbocycles. The monoisotopic (exact) mass is 313 g/mol. The van der Waals surface area contributed by atoms with Gasteiger partial charge in [-0.15, -0.1) is 0 Å². The minimum absolute atomic E-state index is 0.0348. The molecule has 0 aromatic heterocycles. The molecule has 0 aliphatic carbocycles. The van der Waals surface area contributed by atoms with Gasteiger partial charge in [-0.25, -0.2) is 4.79 Å². The maximum atomic E-state index is 11.9. The molecule has 2 N–H and O–H groups in total. The number of hydrogen-bond donors (Lipinski definition) is 1. The maximum Gasteiger partial charge on any atom is 0.490 e. The molecule has 1 aliphatic rings. The van der Waals surface area contributed by atoms with Gasteiger partial charge in [-0.1, -0.05) is 0 Å². The molecule has 9 heteroatoms. The van der Waals surface area contributed by atoms with Crippen molar-refractivity contribution in [3.05, 3.63) is 0 Å². The number of carbonyl (C=O) groups excluding carboxylic acids is 2. The minimum Gasteiger partial charge on any atom is -0.463 e. The molecule has 0 radical (unpaired) electrons. The van der Waals surface area contributed by atoms with Crippen LogP contribution in [-0.4, -0.2) is 50.1 Å². The van der Waals surface area contributed by atoms with E-state index < -0.39 is 30.8 Å². The molecule has 1 heterocycles. The van der Waals surface area contributed by atoms with Gasteiger partial charge in [0.15, 0.2) is 0 Å². The molecular weight excluding hydrogens is 295 g/mol. The second-order valence-electron chi connectivity index (χ2n) is 4.63. The first kappa shape index (κ1) is 17.7. The molecule has 1 rings (SSSR count). The first-order valence-electron chi connectivity index (χ1n) is 6.58. The van der Waals surface area contributed by atoms with E-state index in [-0.39, 0.29) is 19.1 Å². The Labute approximate surface area is 119 Å². The Morgan fingerprint density at radius 1 is 1.14 bits per heavy atom. The highest BCUT2D eigenvalue weighted by molar-refractivity contribution is 5.75. The van der Waals surface area contributed by atoms with Gasteiger partial charge in [-0.3, -0.25) is 4.79 Å². The molecule has 0 bridgehead atoms. The Bertz CT molecular complexity index is 361. The minimum atomic E-state index is -5.00. The van der Waals surface area contributed by atoms with Crippen molar-refractivity contribution in [2.75, 3.05) is 19.8 Å². The molecule has 0 spiro atoms. The van der Waals surface area contributed by atoms with E-state index in [4.69, 9.17) is 15.2 Å². The summed E-state index contributed by atoms with van der Waals surface area (Å²) in [6, 6.07) is 0. The van der Waals surface area contributed by atoms with Crippen LogP contribution in [0.5, 0.6) is 0 Å². The van der Waals surface area contributed by atoms with E-state index in [0.29, 0.717) is 25.8 Å². The highest BCUT2D eigenvalue weighted by atomic mass is 19.4. The van der Waals surface area contributed by atoms with Crippen molar-refractivity contribution in [3.8, 4) is 0 Å². The van der Waals surface area contributed by atoms with Gasteiger partial charge in [0.25, 0.3) is 0 Å². The SMILES string of the molecule is NCCCC(=O)OC[C@@H]1CC[C@H](COC(=O)C(F)(F)F)O1. The zero-order valence-electron chi connectivity index (χ0n) is 11.4. The Hall–Kier alpha value is -1.35. The lowest BCUT2D eigenvalue weighted by atomic mass is 10.2. The first-order valence-corrected chi connectivity index (χ1v) is 6.58. The van der Waals surface area contributed by atoms with Crippen molar-refractivity contribution < 1.29 is 37.0 Å². The van der Waals surface area contributed by atoms with Crippen LogP contribution in [0.15, 0.2) is 0 Å². The fourth-order valence-electron chi connectivity index (χ4n) is 1.78.